The Balaban J connectivity index is 1.83. The largest absolute Gasteiger partial charge is 0.358 e. The number of rotatable bonds is 3. The van der Waals surface area contributed by atoms with Crippen molar-refractivity contribution in [2.24, 2.45) is 0 Å². The molecule has 0 saturated carbocycles. The second kappa shape index (κ2) is 5.13. The summed E-state index contributed by atoms with van der Waals surface area (Å²) in [7, 11) is -3.29. The predicted octanol–water partition coefficient (Wildman–Crippen LogP) is 3.62. The van der Waals surface area contributed by atoms with Gasteiger partial charge in [-0.1, -0.05) is 36.4 Å². The first-order valence-electron chi connectivity index (χ1n) is 7.69. The molecule has 1 unspecified atom stereocenters. The summed E-state index contributed by atoms with van der Waals surface area (Å²) in [5, 5.41) is 1.28. The van der Waals surface area contributed by atoms with Crippen LogP contribution in [0.25, 0.3) is 10.9 Å². The molecule has 4 nitrogen and oxygen atoms in total. The molecule has 0 aliphatic heterocycles. The third-order valence-corrected chi connectivity index (χ3v) is 5.10. The average molecular weight is 326 g/mol. The van der Waals surface area contributed by atoms with Crippen LogP contribution in [-0.4, -0.2) is 19.7 Å². The van der Waals surface area contributed by atoms with Crippen LogP contribution in [0, 0.1) is 0 Å². The minimum absolute atomic E-state index is 0.197. The Morgan fingerprint density at radius 1 is 1.09 bits per heavy atom. The highest BCUT2D eigenvalue weighted by Crippen LogP contribution is 2.43. The lowest BCUT2D eigenvalue weighted by molar-refractivity contribution is 0.606. The molecular formula is C18H18N2O2S. The van der Waals surface area contributed by atoms with Gasteiger partial charge >= 0.3 is 0 Å². The van der Waals surface area contributed by atoms with E-state index in [-0.39, 0.29) is 5.92 Å². The molecule has 118 valence electrons. The Morgan fingerprint density at radius 2 is 1.83 bits per heavy atom. The fourth-order valence-electron chi connectivity index (χ4n) is 3.63. The first-order valence-corrected chi connectivity index (χ1v) is 9.58. The van der Waals surface area contributed by atoms with Crippen molar-refractivity contribution in [2.45, 2.75) is 18.8 Å². The van der Waals surface area contributed by atoms with Gasteiger partial charge in [-0.15, -0.1) is 0 Å². The zero-order valence-electron chi connectivity index (χ0n) is 12.8. The highest BCUT2D eigenvalue weighted by Gasteiger charge is 2.29. The molecule has 0 radical (unpaired) electrons. The topological polar surface area (TPSA) is 62.0 Å². The van der Waals surface area contributed by atoms with Gasteiger partial charge in [-0.05, 0) is 36.1 Å². The summed E-state index contributed by atoms with van der Waals surface area (Å²) < 4.78 is 25.9. The number of aromatic amines is 1. The summed E-state index contributed by atoms with van der Waals surface area (Å²) in [4.78, 5) is 3.54. The molecule has 1 atom stereocenters. The molecule has 5 heteroatoms. The molecule has 4 rings (SSSR count). The first-order chi connectivity index (χ1) is 11.0. The number of para-hydroxylation sites is 2. The van der Waals surface area contributed by atoms with Crippen LogP contribution in [0.5, 0.6) is 0 Å². The van der Waals surface area contributed by atoms with Crippen molar-refractivity contribution in [2.75, 3.05) is 11.0 Å². The molecule has 0 spiro atoms. The molecule has 0 fully saturated rings. The summed E-state index contributed by atoms with van der Waals surface area (Å²) >= 11 is 0. The second-order valence-corrected chi connectivity index (χ2v) is 7.86. The lowest BCUT2D eigenvalue weighted by Crippen LogP contribution is -2.12. The van der Waals surface area contributed by atoms with Crippen molar-refractivity contribution < 1.29 is 8.42 Å². The molecule has 1 aliphatic rings. The summed E-state index contributed by atoms with van der Waals surface area (Å²) in [6.07, 6.45) is 3.19. The number of hydrogen-bond acceptors (Lipinski definition) is 2. The van der Waals surface area contributed by atoms with Crippen LogP contribution in [0.1, 0.15) is 29.2 Å². The minimum atomic E-state index is -3.29. The van der Waals surface area contributed by atoms with Gasteiger partial charge in [0.05, 0.1) is 11.9 Å². The van der Waals surface area contributed by atoms with E-state index in [9.17, 15) is 8.42 Å². The van der Waals surface area contributed by atoms with Crippen molar-refractivity contribution in [1.29, 1.82) is 0 Å². The van der Waals surface area contributed by atoms with E-state index in [1.807, 2.05) is 30.3 Å². The Hall–Kier alpha value is -2.27. The van der Waals surface area contributed by atoms with Crippen molar-refractivity contribution in [3.05, 3.63) is 65.4 Å². The molecule has 3 aromatic rings. The third-order valence-electron chi connectivity index (χ3n) is 4.51. The average Bonchev–Trinajstić information content (AvgIpc) is 3.05. The fraction of sp³-hybridized carbons (Fsp3) is 0.222. The van der Waals surface area contributed by atoms with Gasteiger partial charge in [-0.3, -0.25) is 4.72 Å². The van der Waals surface area contributed by atoms with Gasteiger partial charge in [0.2, 0.25) is 10.0 Å². The lowest BCUT2D eigenvalue weighted by Gasteiger charge is -2.16. The molecule has 0 amide bonds. The molecule has 0 saturated heterocycles. The standard InChI is InChI=1S/C18H18N2O2S/c1-23(21,22)20-17-9-5-3-7-13(17)15-11-10-14-12-6-2-4-8-16(12)19-18(14)15/h2-9,15,19-20H,10-11H2,1H3. The van der Waals surface area contributed by atoms with Crippen molar-refractivity contribution >= 4 is 26.6 Å². The van der Waals surface area contributed by atoms with E-state index in [2.05, 4.69) is 27.9 Å². The number of H-pyrrole nitrogens is 1. The van der Waals surface area contributed by atoms with Crippen LogP contribution in [0.4, 0.5) is 5.69 Å². The zero-order chi connectivity index (χ0) is 16.0. The summed E-state index contributed by atoms with van der Waals surface area (Å²) in [5.41, 5.74) is 5.43. The fourth-order valence-corrected chi connectivity index (χ4v) is 4.21. The zero-order valence-corrected chi connectivity index (χ0v) is 13.7. The SMILES string of the molecule is CS(=O)(=O)Nc1ccccc1C1CCc2c1[nH]c1ccccc21. The van der Waals surface area contributed by atoms with Crippen molar-refractivity contribution in [1.82, 2.24) is 4.98 Å². The number of hydrogen-bond donors (Lipinski definition) is 2. The van der Waals surface area contributed by atoms with E-state index in [0.29, 0.717) is 5.69 Å². The number of sulfonamides is 1. The lowest BCUT2D eigenvalue weighted by atomic mass is 9.95. The van der Waals surface area contributed by atoms with Crippen LogP contribution in [0.3, 0.4) is 0 Å². The van der Waals surface area contributed by atoms with E-state index in [0.717, 1.165) is 23.9 Å². The maximum absolute atomic E-state index is 11.6. The molecule has 1 aromatic heterocycles. The van der Waals surface area contributed by atoms with Gasteiger partial charge < -0.3 is 4.98 Å². The monoisotopic (exact) mass is 326 g/mol. The van der Waals surface area contributed by atoms with Crippen LogP contribution in [0.15, 0.2) is 48.5 Å². The normalized spacial score (nSPS) is 17.3. The van der Waals surface area contributed by atoms with E-state index in [4.69, 9.17) is 0 Å². The Morgan fingerprint density at radius 3 is 2.65 bits per heavy atom. The number of benzene rings is 2. The maximum Gasteiger partial charge on any atom is 0.229 e. The van der Waals surface area contributed by atoms with Gasteiger partial charge in [-0.2, -0.15) is 0 Å². The van der Waals surface area contributed by atoms with Gasteiger partial charge in [0.25, 0.3) is 0 Å². The highest BCUT2D eigenvalue weighted by atomic mass is 32.2. The number of anilines is 1. The van der Waals surface area contributed by atoms with Gasteiger partial charge in [0.15, 0.2) is 0 Å². The molecular weight excluding hydrogens is 308 g/mol. The predicted molar refractivity (Wildman–Crippen MR) is 93.4 cm³/mol. The van der Waals surface area contributed by atoms with Crippen molar-refractivity contribution in [3.8, 4) is 0 Å². The first kappa shape index (κ1) is 14.3. The Labute approximate surface area is 135 Å². The molecule has 0 bridgehead atoms. The number of aromatic nitrogens is 1. The van der Waals surface area contributed by atoms with E-state index >= 15 is 0 Å². The third kappa shape index (κ3) is 2.51. The number of aryl methyl sites for hydroxylation is 1. The summed E-state index contributed by atoms with van der Waals surface area (Å²) in [6.45, 7) is 0. The minimum Gasteiger partial charge on any atom is -0.358 e. The smallest absolute Gasteiger partial charge is 0.229 e. The maximum atomic E-state index is 11.6. The van der Waals surface area contributed by atoms with Crippen LogP contribution < -0.4 is 4.72 Å². The van der Waals surface area contributed by atoms with Crippen LogP contribution >= 0.6 is 0 Å². The van der Waals surface area contributed by atoms with Gasteiger partial charge in [0.1, 0.15) is 0 Å². The molecule has 1 heterocycles. The second-order valence-electron chi connectivity index (χ2n) is 6.12. The molecule has 2 N–H and O–H groups in total. The Kier molecular flexibility index (Phi) is 3.20. The van der Waals surface area contributed by atoms with E-state index < -0.39 is 10.0 Å². The van der Waals surface area contributed by atoms with E-state index in [1.54, 1.807) is 0 Å². The van der Waals surface area contributed by atoms with Crippen molar-refractivity contribution in [3.63, 3.8) is 0 Å². The summed E-state index contributed by atoms with van der Waals surface area (Å²) in [6, 6.07) is 16.0. The summed E-state index contributed by atoms with van der Waals surface area (Å²) in [5.74, 6) is 0.197. The number of nitrogens with one attached hydrogen (secondary N) is 2. The van der Waals surface area contributed by atoms with Crippen LogP contribution in [-0.2, 0) is 16.4 Å². The Bertz CT molecular complexity index is 989. The van der Waals surface area contributed by atoms with Gasteiger partial charge in [-0.25, -0.2) is 8.42 Å². The van der Waals surface area contributed by atoms with Crippen LogP contribution in [0.2, 0.25) is 0 Å². The quantitative estimate of drug-likeness (QED) is 0.772. The van der Waals surface area contributed by atoms with E-state index in [1.165, 1.54) is 22.9 Å². The molecule has 23 heavy (non-hydrogen) atoms. The highest BCUT2D eigenvalue weighted by molar-refractivity contribution is 7.92. The number of fused-ring (bicyclic) bond motifs is 3. The molecule has 1 aliphatic carbocycles. The molecule has 2 aromatic carbocycles. The van der Waals surface area contributed by atoms with Gasteiger partial charge in [0, 0.05) is 22.5 Å².